The molecular weight excluding hydrogens is 316 g/mol. The van der Waals surface area contributed by atoms with Gasteiger partial charge in [-0.1, -0.05) is 35.0 Å². The fourth-order valence-electron chi connectivity index (χ4n) is 2.23. The maximum absolute atomic E-state index is 8.98. The molecule has 0 saturated heterocycles. The van der Waals surface area contributed by atoms with Crippen molar-refractivity contribution in [3.63, 3.8) is 0 Å². The van der Waals surface area contributed by atoms with Crippen molar-refractivity contribution in [1.29, 1.82) is 0 Å². The largest absolute Gasteiger partial charge is 0.396 e. The van der Waals surface area contributed by atoms with E-state index in [2.05, 4.69) is 51.4 Å². The van der Waals surface area contributed by atoms with Gasteiger partial charge < -0.3 is 10.4 Å². The molecule has 0 saturated carbocycles. The van der Waals surface area contributed by atoms with Crippen molar-refractivity contribution in [3.8, 4) is 0 Å². The molecule has 1 aromatic heterocycles. The van der Waals surface area contributed by atoms with Crippen molar-refractivity contribution >= 4 is 26.8 Å². The molecule has 0 amide bonds. The van der Waals surface area contributed by atoms with Crippen molar-refractivity contribution in [2.75, 3.05) is 13.2 Å². The van der Waals surface area contributed by atoms with Gasteiger partial charge in [0.2, 0.25) is 0 Å². The van der Waals surface area contributed by atoms with Crippen molar-refractivity contribution in [2.24, 2.45) is 5.92 Å². The predicted octanol–water partition coefficient (Wildman–Crippen LogP) is 3.50. The summed E-state index contributed by atoms with van der Waals surface area (Å²) in [6, 6.07) is 8.23. The topological polar surface area (TPSA) is 45.1 Å². The Morgan fingerprint density at radius 3 is 3.00 bits per heavy atom. The van der Waals surface area contributed by atoms with Crippen LogP contribution in [0.4, 0.5) is 0 Å². The van der Waals surface area contributed by atoms with E-state index in [9.17, 15) is 0 Å². The first-order valence-electron chi connectivity index (χ1n) is 7.06. The maximum Gasteiger partial charge on any atom is 0.0758 e. The molecule has 0 fully saturated rings. The van der Waals surface area contributed by atoms with Crippen molar-refractivity contribution in [1.82, 2.24) is 10.3 Å². The molecule has 1 aromatic carbocycles. The lowest BCUT2D eigenvalue weighted by Gasteiger charge is -2.10. The molecule has 3 nitrogen and oxygen atoms in total. The molecule has 108 valence electrons. The number of pyridine rings is 1. The van der Waals surface area contributed by atoms with Gasteiger partial charge in [0.05, 0.1) is 5.52 Å². The number of nitrogens with zero attached hydrogens (tertiary/aromatic N) is 1. The number of benzene rings is 1. The molecule has 0 aliphatic heterocycles. The summed E-state index contributed by atoms with van der Waals surface area (Å²) >= 11 is 3.56. The average Bonchev–Trinajstić information content (AvgIpc) is 2.49. The minimum Gasteiger partial charge on any atom is -0.396 e. The van der Waals surface area contributed by atoms with Crippen molar-refractivity contribution < 1.29 is 5.11 Å². The van der Waals surface area contributed by atoms with Crippen LogP contribution in [0.25, 0.3) is 10.9 Å². The third-order valence-corrected chi connectivity index (χ3v) is 4.17. The lowest BCUT2D eigenvalue weighted by molar-refractivity contribution is 0.228. The standard InChI is InChI=1S/C16H21BrN2O/c1-12(11-20)4-2-8-18-10-13-6-7-15(17)14-5-3-9-19-16(13)14/h3,5-7,9,12,18,20H,2,4,8,10-11H2,1H3. The molecule has 2 N–H and O–H groups in total. The van der Waals surface area contributed by atoms with Crippen LogP contribution in [0.15, 0.2) is 34.9 Å². The highest BCUT2D eigenvalue weighted by molar-refractivity contribution is 9.10. The van der Waals surface area contributed by atoms with Crippen LogP contribution in [-0.4, -0.2) is 23.2 Å². The molecule has 0 radical (unpaired) electrons. The minimum atomic E-state index is 0.279. The van der Waals surface area contributed by atoms with Crippen LogP contribution in [0.2, 0.25) is 0 Å². The number of hydrogen-bond donors (Lipinski definition) is 2. The predicted molar refractivity (Wildman–Crippen MR) is 86.6 cm³/mol. The molecule has 0 aliphatic rings. The van der Waals surface area contributed by atoms with Crippen molar-refractivity contribution in [3.05, 3.63) is 40.5 Å². The summed E-state index contributed by atoms with van der Waals surface area (Å²) < 4.78 is 1.08. The highest BCUT2D eigenvalue weighted by Gasteiger charge is 2.05. The summed E-state index contributed by atoms with van der Waals surface area (Å²) in [6.07, 6.45) is 3.98. The quantitative estimate of drug-likeness (QED) is 0.760. The maximum atomic E-state index is 8.98. The van der Waals surface area contributed by atoms with E-state index in [0.717, 1.165) is 41.3 Å². The SMILES string of the molecule is CC(CO)CCCNCc1ccc(Br)c2cccnc12. The summed E-state index contributed by atoms with van der Waals surface area (Å²) in [5, 5.41) is 13.6. The normalized spacial score (nSPS) is 12.8. The highest BCUT2D eigenvalue weighted by atomic mass is 79.9. The Hall–Kier alpha value is -0.970. The lowest BCUT2D eigenvalue weighted by atomic mass is 10.1. The Kier molecular flexibility index (Phi) is 5.95. The van der Waals surface area contributed by atoms with E-state index in [1.165, 1.54) is 5.56 Å². The van der Waals surface area contributed by atoms with E-state index in [-0.39, 0.29) is 6.61 Å². The smallest absolute Gasteiger partial charge is 0.0758 e. The highest BCUT2D eigenvalue weighted by Crippen LogP contribution is 2.25. The fraction of sp³-hybridized carbons (Fsp3) is 0.438. The molecule has 0 bridgehead atoms. The Balaban J connectivity index is 1.92. The number of nitrogens with one attached hydrogen (secondary N) is 1. The first-order chi connectivity index (χ1) is 9.72. The van der Waals surface area contributed by atoms with Crippen LogP contribution in [0, 0.1) is 5.92 Å². The second-order valence-corrected chi connectivity index (χ2v) is 6.07. The number of hydrogen-bond acceptors (Lipinski definition) is 3. The zero-order valence-electron chi connectivity index (χ0n) is 11.8. The number of halogens is 1. The molecule has 0 aliphatic carbocycles. The first kappa shape index (κ1) is 15.4. The number of fused-ring (bicyclic) bond motifs is 1. The molecule has 2 aromatic rings. The van der Waals surface area contributed by atoms with Crippen LogP contribution < -0.4 is 5.32 Å². The number of rotatable bonds is 7. The van der Waals surface area contributed by atoms with E-state index in [1.807, 2.05) is 12.3 Å². The zero-order chi connectivity index (χ0) is 14.4. The van der Waals surface area contributed by atoms with E-state index in [1.54, 1.807) is 0 Å². The molecule has 0 spiro atoms. The molecule has 20 heavy (non-hydrogen) atoms. The van der Waals surface area contributed by atoms with E-state index >= 15 is 0 Å². The fourth-order valence-corrected chi connectivity index (χ4v) is 2.68. The summed E-state index contributed by atoms with van der Waals surface area (Å²) in [5.74, 6) is 0.395. The van der Waals surface area contributed by atoms with Crippen LogP contribution in [0.3, 0.4) is 0 Å². The lowest BCUT2D eigenvalue weighted by Crippen LogP contribution is -2.16. The molecule has 2 rings (SSSR count). The summed E-state index contributed by atoms with van der Waals surface area (Å²) in [4.78, 5) is 4.48. The molecule has 1 atom stereocenters. The van der Waals surface area contributed by atoms with Crippen LogP contribution in [0.1, 0.15) is 25.3 Å². The molecule has 4 heteroatoms. The third-order valence-electron chi connectivity index (χ3n) is 3.48. The van der Waals surface area contributed by atoms with E-state index in [0.29, 0.717) is 5.92 Å². The van der Waals surface area contributed by atoms with Gasteiger partial charge in [-0.2, -0.15) is 0 Å². The van der Waals surface area contributed by atoms with E-state index in [4.69, 9.17) is 5.11 Å². The summed E-state index contributed by atoms with van der Waals surface area (Å²) in [7, 11) is 0. The molecular formula is C16H21BrN2O. The first-order valence-corrected chi connectivity index (χ1v) is 7.85. The van der Waals surface area contributed by atoms with Gasteiger partial charge in [0.25, 0.3) is 0 Å². The number of aliphatic hydroxyl groups excluding tert-OH is 1. The average molecular weight is 337 g/mol. The van der Waals surface area contributed by atoms with Crippen LogP contribution in [0.5, 0.6) is 0 Å². The number of aromatic nitrogens is 1. The monoisotopic (exact) mass is 336 g/mol. The summed E-state index contributed by atoms with van der Waals surface area (Å²) in [5.41, 5.74) is 2.28. The van der Waals surface area contributed by atoms with Crippen LogP contribution >= 0.6 is 15.9 Å². The second kappa shape index (κ2) is 7.72. The second-order valence-electron chi connectivity index (χ2n) is 5.21. The Morgan fingerprint density at radius 1 is 1.35 bits per heavy atom. The van der Waals surface area contributed by atoms with Gasteiger partial charge in [0.1, 0.15) is 0 Å². The van der Waals surface area contributed by atoms with Gasteiger partial charge in [-0.25, -0.2) is 0 Å². The third kappa shape index (κ3) is 4.01. The molecule has 1 unspecified atom stereocenters. The van der Waals surface area contributed by atoms with Gasteiger partial charge in [-0.15, -0.1) is 0 Å². The van der Waals surface area contributed by atoms with Gasteiger partial charge in [0.15, 0.2) is 0 Å². The van der Waals surface area contributed by atoms with Gasteiger partial charge >= 0.3 is 0 Å². The minimum absolute atomic E-state index is 0.279. The molecule has 1 heterocycles. The zero-order valence-corrected chi connectivity index (χ0v) is 13.4. The number of aliphatic hydroxyl groups is 1. The van der Waals surface area contributed by atoms with Crippen LogP contribution in [-0.2, 0) is 6.54 Å². The van der Waals surface area contributed by atoms with Gasteiger partial charge in [0, 0.05) is 29.2 Å². The Morgan fingerprint density at radius 2 is 2.20 bits per heavy atom. The van der Waals surface area contributed by atoms with Gasteiger partial charge in [-0.3, -0.25) is 4.98 Å². The summed E-state index contributed by atoms with van der Waals surface area (Å²) in [6.45, 7) is 4.15. The Bertz CT molecular complexity index is 559. The van der Waals surface area contributed by atoms with Gasteiger partial charge in [-0.05, 0) is 43.0 Å². The Labute approximate surface area is 128 Å². The van der Waals surface area contributed by atoms with Crippen molar-refractivity contribution in [2.45, 2.75) is 26.3 Å². The van der Waals surface area contributed by atoms with E-state index < -0.39 is 0 Å².